The molecule has 0 radical (unpaired) electrons. The van der Waals surface area contributed by atoms with Gasteiger partial charge in [0.1, 0.15) is 12.6 Å². The SMILES string of the molecule is CN(CCOC(=O)C1CCCN1C(=O)c1ccccc1)C(=O)/C=C/C(=O)c1ccccc1. The Bertz CT molecular complexity index is 988. The van der Waals surface area contributed by atoms with Crippen molar-refractivity contribution < 1.29 is 23.9 Å². The van der Waals surface area contributed by atoms with Crippen molar-refractivity contribution in [2.24, 2.45) is 0 Å². The highest BCUT2D eigenvalue weighted by molar-refractivity contribution is 6.07. The number of amides is 2. The molecule has 0 aromatic heterocycles. The lowest BCUT2D eigenvalue weighted by Gasteiger charge is -2.24. The minimum atomic E-state index is -0.618. The van der Waals surface area contributed by atoms with E-state index in [1.54, 1.807) is 60.5 Å². The molecule has 7 nitrogen and oxygen atoms in total. The molecule has 0 bridgehead atoms. The van der Waals surface area contributed by atoms with Crippen molar-refractivity contribution in [1.82, 2.24) is 9.80 Å². The number of benzene rings is 2. The summed E-state index contributed by atoms with van der Waals surface area (Å²) in [7, 11) is 1.56. The smallest absolute Gasteiger partial charge is 0.328 e. The van der Waals surface area contributed by atoms with Gasteiger partial charge in [-0.05, 0) is 31.1 Å². The van der Waals surface area contributed by atoms with E-state index in [-0.39, 0.29) is 30.7 Å². The largest absolute Gasteiger partial charge is 0.462 e. The van der Waals surface area contributed by atoms with E-state index in [0.29, 0.717) is 24.1 Å². The van der Waals surface area contributed by atoms with Crippen LogP contribution in [0.1, 0.15) is 33.6 Å². The third kappa shape index (κ3) is 5.91. The van der Waals surface area contributed by atoms with Gasteiger partial charge in [0.05, 0.1) is 6.54 Å². The van der Waals surface area contributed by atoms with Gasteiger partial charge in [0.15, 0.2) is 5.78 Å². The van der Waals surface area contributed by atoms with E-state index in [0.717, 1.165) is 6.42 Å². The van der Waals surface area contributed by atoms with Crippen molar-refractivity contribution in [3.63, 3.8) is 0 Å². The summed E-state index contributed by atoms with van der Waals surface area (Å²) < 4.78 is 5.34. The molecule has 0 saturated carbocycles. The third-order valence-electron chi connectivity index (χ3n) is 5.29. The number of likely N-dealkylation sites (N-methyl/N-ethyl adjacent to an activating group) is 1. The van der Waals surface area contributed by atoms with Gasteiger partial charge in [-0.1, -0.05) is 48.5 Å². The van der Waals surface area contributed by atoms with Crippen LogP contribution in [-0.4, -0.2) is 66.2 Å². The van der Waals surface area contributed by atoms with E-state index >= 15 is 0 Å². The normalized spacial score (nSPS) is 15.5. The summed E-state index contributed by atoms with van der Waals surface area (Å²) in [6.07, 6.45) is 3.72. The van der Waals surface area contributed by atoms with E-state index < -0.39 is 12.0 Å². The van der Waals surface area contributed by atoms with Crippen LogP contribution in [0.25, 0.3) is 0 Å². The lowest BCUT2D eigenvalue weighted by molar-refractivity contribution is -0.149. The van der Waals surface area contributed by atoms with Crippen LogP contribution in [0.15, 0.2) is 72.8 Å². The molecule has 2 aromatic rings. The number of likely N-dealkylation sites (tertiary alicyclic amines) is 1. The first-order valence-electron chi connectivity index (χ1n) is 10.5. The molecule has 0 spiro atoms. The zero-order valence-corrected chi connectivity index (χ0v) is 18.0. The number of carbonyl (C=O) groups excluding carboxylic acids is 4. The Kier molecular flexibility index (Phi) is 7.91. The maximum Gasteiger partial charge on any atom is 0.328 e. The molecule has 1 unspecified atom stereocenters. The number of allylic oxidation sites excluding steroid dienone is 1. The first-order chi connectivity index (χ1) is 15.5. The van der Waals surface area contributed by atoms with Crippen molar-refractivity contribution in [2.75, 3.05) is 26.7 Å². The fourth-order valence-electron chi connectivity index (χ4n) is 3.46. The lowest BCUT2D eigenvalue weighted by atomic mass is 10.1. The van der Waals surface area contributed by atoms with Gasteiger partial charge in [0.2, 0.25) is 5.91 Å². The predicted molar refractivity (Wildman–Crippen MR) is 119 cm³/mol. The van der Waals surface area contributed by atoms with Gasteiger partial charge in [0.25, 0.3) is 5.91 Å². The van der Waals surface area contributed by atoms with Crippen LogP contribution in [0.2, 0.25) is 0 Å². The van der Waals surface area contributed by atoms with Gasteiger partial charge in [-0.25, -0.2) is 4.79 Å². The molecule has 1 aliphatic heterocycles. The number of carbonyl (C=O) groups is 4. The van der Waals surface area contributed by atoms with Gasteiger partial charge in [-0.2, -0.15) is 0 Å². The van der Waals surface area contributed by atoms with Gasteiger partial charge in [-0.3, -0.25) is 14.4 Å². The summed E-state index contributed by atoms with van der Waals surface area (Å²) in [5, 5.41) is 0. The maximum absolute atomic E-state index is 12.7. The molecule has 32 heavy (non-hydrogen) atoms. The summed E-state index contributed by atoms with van der Waals surface area (Å²) in [5.74, 6) is -1.29. The Morgan fingerprint density at radius 2 is 1.59 bits per heavy atom. The Morgan fingerprint density at radius 1 is 0.969 bits per heavy atom. The van der Waals surface area contributed by atoms with Crippen LogP contribution < -0.4 is 0 Å². The molecule has 1 saturated heterocycles. The van der Waals surface area contributed by atoms with Gasteiger partial charge in [0, 0.05) is 30.8 Å². The van der Waals surface area contributed by atoms with Crippen molar-refractivity contribution in [3.8, 4) is 0 Å². The molecule has 1 fully saturated rings. The molecule has 1 aliphatic rings. The first kappa shape index (κ1) is 22.9. The van der Waals surface area contributed by atoms with Crippen LogP contribution in [0.3, 0.4) is 0 Å². The summed E-state index contributed by atoms with van der Waals surface area (Å²) in [4.78, 5) is 52.4. The van der Waals surface area contributed by atoms with Gasteiger partial charge >= 0.3 is 5.97 Å². The number of ketones is 1. The van der Waals surface area contributed by atoms with E-state index in [1.807, 2.05) is 12.1 Å². The Morgan fingerprint density at radius 3 is 2.25 bits per heavy atom. The summed E-state index contributed by atoms with van der Waals surface area (Å²) in [5.41, 5.74) is 1.04. The predicted octanol–water partition coefficient (Wildman–Crippen LogP) is 2.73. The lowest BCUT2D eigenvalue weighted by Crippen LogP contribution is -2.42. The molecule has 0 aliphatic carbocycles. The number of nitrogens with zero attached hydrogens (tertiary/aromatic N) is 2. The maximum atomic E-state index is 12.7. The Hall–Kier alpha value is -3.74. The van der Waals surface area contributed by atoms with Gasteiger partial charge < -0.3 is 14.5 Å². The minimum absolute atomic E-state index is 0.00537. The highest BCUT2D eigenvalue weighted by Gasteiger charge is 2.35. The van der Waals surface area contributed by atoms with Crippen LogP contribution in [-0.2, 0) is 14.3 Å². The molecule has 1 heterocycles. The monoisotopic (exact) mass is 434 g/mol. The highest BCUT2D eigenvalue weighted by atomic mass is 16.5. The van der Waals surface area contributed by atoms with E-state index in [9.17, 15) is 19.2 Å². The van der Waals surface area contributed by atoms with Crippen LogP contribution in [0.4, 0.5) is 0 Å². The molecular formula is C25H26N2O5. The second kappa shape index (κ2) is 11.0. The zero-order valence-electron chi connectivity index (χ0n) is 18.0. The average molecular weight is 434 g/mol. The molecule has 3 rings (SSSR count). The average Bonchev–Trinajstić information content (AvgIpc) is 3.33. The third-order valence-corrected chi connectivity index (χ3v) is 5.29. The zero-order chi connectivity index (χ0) is 22.9. The minimum Gasteiger partial charge on any atom is -0.462 e. The van der Waals surface area contributed by atoms with Crippen LogP contribution in [0.5, 0.6) is 0 Å². The summed E-state index contributed by atoms with van der Waals surface area (Å²) >= 11 is 0. The standard InChI is InChI=1S/C25H26N2O5/c1-26(23(29)15-14-22(28)19-9-4-2-5-10-19)17-18-32-25(31)21-13-8-16-27(21)24(30)20-11-6-3-7-12-20/h2-7,9-12,14-15,21H,8,13,16-18H2,1H3/b15-14+. The first-order valence-corrected chi connectivity index (χ1v) is 10.5. The summed E-state index contributed by atoms with van der Waals surface area (Å²) in [6.45, 7) is 0.686. The van der Waals surface area contributed by atoms with E-state index in [4.69, 9.17) is 4.74 Å². The van der Waals surface area contributed by atoms with Gasteiger partial charge in [-0.15, -0.1) is 0 Å². The van der Waals surface area contributed by atoms with Crippen molar-refractivity contribution >= 4 is 23.6 Å². The number of hydrogen-bond donors (Lipinski definition) is 0. The molecule has 166 valence electrons. The Labute approximate surface area is 187 Å². The fraction of sp³-hybridized carbons (Fsp3) is 0.280. The number of ether oxygens (including phenoxy) is 1. The summed E-state index contributed by atoms with van der Waals surface area (Å²) in [6, 6.07) is 16.9. The molecule has 7 heteroatoms. The van der Waals surface area contributed by atoms with Crippen LogP contribution in [0, 0.1) is 0 Å². The number of esters is 1. The highest BCUT2D eigenvalue weighted by Crippen LogP contribution is 2.21. The van der Waals surface area contributed by atoms with Crippen LogP contribution >= 0.6 is 0 Å². The molecule has 1 atom stereocenters. The van der Waals surface area contributed by atoms with Crippen molar-refractivity contribution in [1.29, 1.82) is 0 Å². The fourth-order valence-corrected chi connectivity index (χ4v) is 3.46. The molecule has 2 amide bonds. The molecule has 0 N–H and O–H groups in total. The van der Waals surface area contributed by atoms with E-state index in [2.05, 4.69) is 0 Å². The topological polar surface area (TPSA) is 84.0 Å². The Balaban J connectivity index is 1.46. The van der Waals surface area contributed by atoms with E-state index in [1.165, 1.54) is 17.1 Å². The quantitative estimate of drug-likeness (QED) is 0.362. The number of rotatable bonds is 8. The second-order valence-electron chi connectivity index (χ2n) is 7.51. The van der Waals surface area contributed by atoms with Crippen molar-refractivity contribution in [2.45, 2.75) is 18.9 Å². The number of hydrogen-bond acceptors (Lipinski definition) is 5. The molecular weight excluding hydrogens is 408 g/mol. The van der Waals surface area contributed by atoms with Crippen molar-refractivity contribution in [3.05, 3.63) is 83.9 Å². The second-order valence-corrected chi connectivity index (χ2v) is 7.51. The molecule has 2 aromatic carbocycles.